The van der Waals surface area contributed by atoms with Gasteiger partial charge < -0.3 is 35.6 Å². The summed E-state index contributed by atoms with van der Waals surface area (Å²) in [5, 5.41) is 41.9. The van der Waals surface area contributed by atoms with Crippen LogP contribution < -0.4 is 5.73 Å². The Morgan fingerprint density at radius 1 is 1.07 bits per heavy atom. The van der Waals surface area contributed by atoms with Crippen molar-refractivity contribution in [2.24, 2.45) is 28.6 Å². The van der Waals surface area contributed by atoms with Crippen LogP contribution in [0.1, 0.15) is 68.1 Å². The van der Waals surface area contributed by atoms with Gasteiger partial charge in [-0.05, 0) is 55.1 Å². The van der Waals surface area contributed by atoms with Crippen molar-refractivity contribution in [2.45, 2.75) is 82.8 Å². The predicted molar refractivity (Wildman–Crippen MR) is 164 cm³/mol. The van der Waals surface area contributed by atoms with Gasteiger partial charge in [0, 0.05) is 33.6 Å². The Bertz CT molecular complexity index is 1520. The van der Waals surface area contributed by atoms with Crippen LogP contribution in [0.5, 0.6) is 0 Å². The Morgan fingerprint density at radius 2 is 1.82 bits per heavy atom. The number of Topliss-reactive ketones (excluding diaryl/α,β-unsaturated/α-hetero) is 1. The number of rotatable bonds is 6. The smallest absolute Gasteiger partial charge is 0.193 e. The first-order valence-corrected chi connectivity index (χ1v) is 15.9. The molecular formula is C36H43NO7. The molecule has 3 saturated carbocycles. The van der Waals surface area contributed by atoms with Gasteiger partial charge in [0.2, 0.25) is 0 Å². The predicted octanol–water partition coefficient (Wildman–Crippen LogP) is 3.75. The second-order valence-corrected chi connectivity index (χ2v) is 14.0. The summed E-state index contributed by atoms with van der Waals surface area (Å²) in [4.78, 5) is 13.8. The Balaban J connectivity index is 1.16. The van der Waals surface area contributed by atoms with E-state index in [4.69, 9.17) is 15.2 Å². The Hall–Kier alpha value is -2.85. The second kappa shape index (κ2) is 10.6. The summed E-state index contributed by atoms with van der Waals surface area (Å²) >= 11 is 0. The molecule has 4 fully saturated rings. The third-order valence-corrected chi connectivity index (χ3v) is 12.0. The molecule has 8 heteroatoms. The molecule has 2 aromatic rings. The number of hydrogen-bond donors (Lipinski definition) is 5. The molecule has 44 heavy (non-hydrogen) atoms. The number of aliphatic hydroxyl groups is 4. The fraction of sp³-hybridized carbons (Fsp3) is 0.528. The number of allylic oxidation sites excluding steroid dienone is 2. The number of benzene rings is 2. The van der Waals surface area contributed by atoms with Crippen molar-refractivity contribution in [1.82, 2.24) is 0 Å². The van der Waals surface area contributed by atoms with Crippen LogP contribution in [0.15, 0.2) is 66.3 Å². The summed E-state index contributed by atoms with van der Waals surface area (Å²) in [6, 6.07) is 13.5. The van der Waals surface area contributed by atoms with Crippen LogP contribution in [0, 0.1) is 28.6 Å². The standard InChI is InChI=1S/C36H43NO7/c1-34-13-12-25(40)15-24(34)10-11-26-27-16-30-36(29(42)19-39,35(27,2)17-28(41)31(26)34)44-33(43-30)21-8-6-20(7-9-21)14-22-4-3-5-23(18-38)32(22)37/h3-9,12-13,15,25-28,30-31,33,38-41H,10-11,14,16-19,37H2,1-2H3/t25?,26-,27-,28-,30+,31+,33+,34-,35-,36+/m0/s1. The lowest BCUT2D eigenvalue weighted by Gasteiger charge is -2.60. The summed E-state index contributed by atoms with van der Waals surface area (Å²) in [5.41, 5.74) is 9.04. The van der Waals surface area contributed by atoms with E-state index < -0.39 is 42.2 Å². The van der Waals surface area contributed by atoms with Gasteiger partial charge in [0.15, 0.2) is 17.7 Å². The summed E-state index contributed by atoms with van der Waals surface area (Å²) in [7, 11) is 0. The third-order valence-electron chi connectivity index (χ3n) is 12.0. The van der Waals surface area contributed by atoms with E-state index in [1.54, 1.807) is 0 Å². The molecule has 234 valence electrons. The highest BCUT2D eigenvalue weighted by molar-refractivity contribution is 5.91. The van der Waals surface area contributed by atoms with Crippen molar-refractivity contribution >= 4 is 11.5 Å². The van der Waals surface area contributed by atoms with Crippen LogP contribution in [0.2, 0.25) is 0 Å². The number of ketones is 1. The summed E-state index contributed by atoms with van der Waals surface area (Å²) in [5.74, 6) is -0.223. The minimum Gasteiger partial charge on any atom is -0.398 e. The molecule has 0 aromatic heterocycles. The molecule has 0 radical (unpaired) electrons. The van der Waals surface area contributed by atoms with E-state index >= 15 is 0 Å². The quantitative estimate of drug-likeness (QED) is 0.249. The number of carbonyl (C=O) groups excluding carboxylic acids is 1. The summed E-state index contributed by atoms with van der Waals surface area (Å²) in [6.07, 6.45) is 6.50. The normalized spacial score (nSPS) is 40.5. The van der Waals surface area contributed by atoms with Crippen molar-refractivity contribution in [2.75, 3.05) is 12.3 Å². The largest absolute Gasteiger partial charge is 0.398 e. The lowest BCUT2D eigenvalue weighted by Crippen LogP contribution is -2.63. The van der Waals surface area contributed by atoms with Crippen molar-refractivity contribution in [3.05, 3.63) is 88.5 Å². The van der Waals surface area contributed by atoms with Gasteiger partial charge in [-0.3, -0.25) is 4.79 Å². The van der Waals surface area contributed by atoms with Gasteiger partial charge in [0.1, 0.15) is 6.61 Å². The van der Waals surface area contributed by atoms with Crippen molar-refractivity contribution < 1.29 is 34.7 Å². The zero-order valence-electron chi connectivity index (χ0n) is 25.4. The van der Waals surface area contributed by atoms with E-state index in [1.807, 2.05) is 54.6 Å². The number of ether oxygens (including phenoxy) is 2. The summed E-state index contributed by atoms with van der Waals surface area (Å²) < 4.78 is 13.3. The third kappa shape index (κ3) is 4.15. The van der Waals surface area contributed by atoms with Gasteiger partial charge in [-0.15, -0.1) is 0 Å². The monoisotopic (exact) mass is 601 g/mol. The van der Waals surface area contributed by atoms with E-state index in [1.165, 1.54) is 5.57 Å². The second-order valence-electron chi connectivity index (χ2n) is 14.0. The minimum atomic E-state index is -1.36. The molecule has 0 bridgehead atoms. The lowest BCUT2D eigenvalue weighted by atomic mass is 9.46. The van der Waals surface area contributed by atoms with E-state index in [-0.39, 0.29) is 35.6 Å². The molecule has 1 heterocycles. The molecule has 1 aliphatic heterocycles. The maximum atomic E-state index is 13.8. The molecule has 7 rings (SSSR count). The number of nitrogen functional groups attached to an aromatic ring is 1. The highest BCUT2D eigenvalue weighted by Crippen LogP contribution is 2.70. The number of fused-ring (bicyclic) bond motifs is 7. The lowest BCUT2D eigenvalue weighted by molar-refractivity contribution is -0.201. The molecule has 10 atom stereocenters. The number of carbonyl (C=O) groups is 1. The van der Waals surface area contributed by atoms with Gasteiger partial charge in [-0.25, -0.2) is 0 Å². The molecule has 6 N–H and O–H groups in total. The highest BCUT2D eigenvalue weighted by Gasteiger charge is 2.75. The average molecular weight is 602 g/mol. The number of nitrogens with two attached hydrogens (primary N) is 1. The maximum Gasteiger partial charge on any atom is 0.193 e. The van der Waals surface area contributed by atoms with Crippen molar-refractivity contribution in [3.63, 3.8) is 0 Å². The maximum absolute atomic E-state index is 13.8. The first kappa shape index (κ1) is 29.8. The van der Waals surface area contributed by atoms with Gasteiger partial charge >= 0.3 is 0 Å². The van der Waals surface area contributed by atoms with E-state index in [9.17, 15) is 25.2 Å². The number of para-hydroxylation sites is 1. The molecule has 2 aromatic carbocycles. The van der Waals surface area contributed by atoms with Crippen LogP contribution in [0.3, 0.4) is 0 Å². The number of aliphatic hydroxyl groups excluding tert-OH is 4. The van der Waals surface area contributed by atoms with Crippen molar-refractivity contribution in [3.8, 4) is 0 Å². The summed E-state index contributed by atoms with van der Waals surface area (Å²) in [6.45, 7) is 3.45. The van der Waals surface area contributed by atoms with Gasteiger partial charge in [-0.2, -0.15) is 0 Å². The zero-order valence-corrected chi connectivity index (χ0v) is 25.4. The van der Waals surface area contributed by atoms with Crippen LogP contribution in [0.4, 0.5) is 5.69 Å². The molecule has 1 saturated heterocycles. The first-order chi connectivity index (χ1) is 21.1. The van der Waals surface area contributed by atoms with E-state index in [0.717, 1.165) is 29.5 Å². The molecule has 8 nitrogen and oxygen atoms in total. The van der Waals surface area contributed by atoms with Crippen LogP contribution in [-0.4, -0.2) is 56.7 Å². The first-order valence-electron chi connectivity index (χ1n) is 15.9. The Kier molecular flexibility index (Phi) is 7.20. The van der Waals surface area contributed by atoms with Gasteiger partial charge in [0.05, 0.1) is 24.9 Å². The zero-order chi connectivity index (χ0) is 31.0. The fourth-order valence-electron chi connectivity index (χ4n) is 9.93. The number of hydrogen-bond acceptors (Lipinski definition) is 8. The average Bonchev–Trinajstić information content (AvgIpc) is 3.51. The Morgan fingerprint density at radius 3 is 2.55 bits per heavy atom. The molecule has 5 aliphatic rings. The highest BCUT2D eigenvalue weighted by atomic mass is 16.7. The Labute approximate surface area is 258 Å². The molecule has 0 spiro atoms. The topological polar surface area (TPSA) is 142 Å². The fourth-order valence-corrected chi connectivity index (χ4v) is 9.93. The van der Waals surface area contributed by atoms with E-state index in [2.05, 4.69) is 19.9 Å². The van der Waals surface area contributed by atoms with Crippen LogP contribution in [-0.2, 0) is 27.3 Å². The van der Waals surface area contributed by atoms with Crippen molar-refractivity contribution in [1.29, 1.82) is 0 Å². The molecule has 0 amide bonds. The SMILES string of the molecule is C[C@]12C=CC(O)C=C1CC[C@@H]1[C@@H]2[C@@H](O)C[C@@]2(C)[C@H]1C[C@H]1O[C@@H](c3ccc(Cc4cccc(CO)c4N)cc3)O[C@]12C(=O)CO. The minimum absolute atomic E-state index is 0.0418. The van der Waals surface area contributed by atoms with Gasteiger partial charge in [-0.1, -0.05) is 80.1 Å². The number of anilines is 1. The van der Waals surface area contributed by atoms with E-state index in [0.29, 0.717) is 30.5 Å². The molecular weight excluding hydrogens is 558 g/mol. The molecule has 4 aliphatic carbocycles. The van der Waals surface area contributed by atoms with Gasteiger partial charge in [0.25, 0.3) is 0 Å². The van der Waals surface area contributed by atoms with Crippen LogP contribution in [0.25, 0.3) is 0 Å². The van der Waals surface area contributed by atoms with Crippen LogP contribution >= 0.6 is 0 Å². The molecule has 1 unspecified atom stereocenters.